The van der Waals surface area contributed by atoms with E-state index in [1.165, 1.54) is 57.8 Å². The minimum atomic E-state index is -0.151. The molecule has 168 valence electrons. The molecule has 0 radical (unpaired) electrons. The standard InChI is InChI=1S/C27H38N2O2/c1-3-4-5-6-7-8-9-10-11-12-20-28-26(30)23-16-18-25(19-17-23)29-27(31)24-15-13-14-22(2)21-24/h13-19,21H,3-12,20H2,1-2H3,(H,28,30)(H,29,31). The number of carbonyl (C=O) groups excluding carboxylic acids is 2. The van der Waals surface area contributed by atoms with Crippen LogP contribution < -0.4 is 10.6 Å². The summed E-state index contributed by atoms with van der Waals surface area (Å²) in [5.74, 6) is -0.214. The largest absolute Gasteiger partial charge is 0.352 e. The molecule has 31 heavy (non-hydrogen) atoms. The first kappa shape index (κ1) is 24.6. The molecule has 2 amide bonds. The van der Waals surface area contributed by atoms with Gasteiger partial charge in [-0.25, -0.2) is 0 Å². The van der Waals surface area contributed by atoms with Crippen molar-refractivity contribution in [3.63, 3.8) is 0 Å². The van der Waals surface area contributed by atoms with Crippen molar-refractivity contribution in [2.75, 3.05) is 11.9 Å². The van der Waals surface area contributed by atoms with Crippen LogP contribution in [0.15, 0.2) is 48.5 Å². The van der Waals surface area contributed by atoms with Gasteiger partial charge in [0.2, 0.25) is 0 Å². The van der Waals surface area contributed by atoms with Gasteiger partial charge in [0.05, 0.1) is 0 Å². The van der Waals surface area contributed by atoms with Crippen molar-refractivity contribution < 1.29 is 9.59 Å². The normalized spacial score (nSPS) is 10.6. The Morgan fingerprint density at radius 2 is 1.32 bits per heavy atom. The van der Waals surface area contributed by atoms with Crippen LogP contribution in [-0.4, -0.2) is 18.4 Å². The molecule has 2 aromatic rings. The number of unbranched alkanes of at least 4 members (excludes halogenated alkanes) is 9. The first-order chi connectivity index (χ1) is 15.1. The van der Waals surface area contributed by atoms with Gasteiger partial charge in [0.15, 0.2) is 0 Å². The highest BCUT2D eigenvalue weighted by Gasteiger charge is 2.08. The monoisotopic (exact) mass is 422 g/mol. The number of carbonyl (C=O) groups is 2. The summed E-state index contributed by atoms with van der Waals surface area (Å²) in [7, 11) is 0. The van der Waals surface area contributed by atoms with Crippen molar-refractivity contribution in [2.24, 2.45) is 0 Å². The maximum absolute atomic E-state index is 12.3. The summed E-state index contributed by atoms with van der Waals surface area (Å²) in [5.41, 5.74) is 2.96. The molecule has 0 saturated heterocycles. The molecule has 0 aliphatic rings. The third-order valence-corrected chi connectivity index (χ3v) is 5.50. The number of rotatable bonds is 14. The average Bonchev–Trinajstić information content (AvgIpc) is 2.78. The molecule has 0 spiro atoms. The molecule has 2 aromatic carbocycles. The summed E-state index contributed by atoms with van der Waals surface area (Å²) in [4.78, 5) is 24.6. The summed E-state index contributed by atoms with van der Waals surface area (Å²) >= 11 is 0. The Balaban J connectivity index is 1.61. The molecule has 0 unspecified atom stereocenters. The number of amides is 2. The number of hydrogen-bond acceptors (Lipinski definition) is 2. The third kappa shape index (κ3) is 9.82. The first-order valence-electron chi connectivity index (χ1n) is 11.9. The van der Waals surface area contributed by atoms with E-state index in [2.05, 4.69) is 17.6 Å². The Bertz CT molecular complexity index is 799. The Morgan fingerprint density at radius 1 is 0.710 bits per heavy atom. The number of benzene rings is 2. The van der Waals surface area contributed by atoms with E-state index in [1.807, 2.05) is 25.1 Å². The molecule has 2 N–H and O–H groups in total. The SMILES string of the molecule is CCCCCCCCCCCCNC(=O)c1ccc(NC(=O)c2cccc(C)c2)cc1. The van der Waals surface area contributed by atoms with Gasteiger partial charge in [0.1, 0.15) is 0 Å². The number of hydrogen-bond donors (Lipinski definition) is 2. The quantitative estimate of drug-likeness (QED) is 0.325. The van der Waals surface area contributed by atoms with E-state index in [0.717, 1.165) is 12.0 Å². The summed E-state index contributed by atoms with van der Waals surface area (Å²) in [5, 5.41) is 5.86. The summed E-state index contributed by atoms with van der Waals surface area (Å²) in [6.45, 7) is 4.92. The molecule has 2 rings (SSSR count). The second kappa shape index (κ2) is 14.4. The van der Waals surface area contributed by atoms with Crippen LogP contribution in [0.4, 0.5) is 5.69 Å². The van der Waals surface area contributed by atoms with Gasteiger partial charge in [-0.05, 0) is 49.7 Å². The molecular weight excluding hydrogens is 384 g/mol. The molecule has 0 atom stereocenters. The van der Waals surface area contributed by atoms with Gasteiger partial charge in [0.25, 0.3) is 11.8 Å². The maximum Gasteiger partial charge on any atom is 0.255 e. The Labute approximate surface area is 187 Å². The van der Waals surface area contributed by atoms with Gasteiger partial charge in [-0.3, -0.25) is 9.59 Å². The van der Waals surface area contributed by atoms with Crippen molar-refractivity contribution >= 4 is 17.5 Å². The van der Waals surface area contributed by atoms with E-state index in [9.17, 15) is 9.59 Å². The van der Waals surface area contributed by atoms with E-state index in [-0.39, 0.29) is 11.8 Å². The second-order valence-corrected chi connectivity index (χ2v) is 8.34. The molecule has 0 aliphatic heterocycles. The molecule has 4 nitrogen and oxygen atoms in total. The first-order valence-corrected chi connectivity index (χ1v) is 11.9. The van der Waals surface area contributed by atoms with Crippen LogP contribution in [-0.2, 0) is 0 Å². The van der Waals surface area contributed by atoms with Crippen LogP contribution in [0.2, 0.25) is 0 Å². The molecule has 4 heteroatoms. The fourth-order valence-corrected chi connectivity index (χ4v) is 3.61. The Kier molecular flexibility index (Phi) is 11.4. The summed E-state index contributed by atoms with van der Waals surface area (Å²) in [6.07, 6.45) is 12.9. The lowest BCUT2D eigenvalue weighted by molar-refractivity contribution is 0.0952. The van der Waals surface area contributed by atoms with Crippen LogP contribution in [0.25, 0.3) is 0 Å². The van der Waals surface area contributed by atoms with E-state index in [1.54, 1.807) is 30.3 Å². The maximum atomic E-state index is 12.3. The Hall–Kier alpha value is -2.62. The number of aryl methyl sites for hydroxylation is 1. The topological polar surface area (TPSA) is 58.2 Å². The molecular formula is C27H38N2O2. The highest BCUT2D eigenvalue weighted by Crippen LogP contribution is 2.13. The lowest BCUT2D eigenvalue weighted by Crippen LogP contribution is -2.24. The zero-order valence-electron chi connectivity index (χ0n) is 19.2. The van der Waals surface area contributed by atoms with Gasteiger partial charge in [-0.15, -0.1) is 0 Å². The molecule has 0 bridgehead atoms. The van der Waals surface area contributed by atoms with Crippen LogP contribution in [0, 0.1) is 6.92 Å². The van der Waals surface area contributed by atoms with Gasteiger partial charge >= 0.3 is 0 Å². The third-order valence-electron chi connectivity index (χ3n) is 5.50. The van der Waals surface area contributed by atoms with Crippen LogP contribution >= 0.6 is 0 Å². The average molecular weight is 423 g/mol. The lowest BCUT2D eigenvalue weighted by atomic mass is 10.1. The van der Waals surface area contributed by atoms with Crippen LogP contribution in [0.1, 0.15) is 97.4 Å². The highest BCUT2D eigenvalue weighted by atomic mass is 16.2. The predicted octanol–water partition coefficient (Wildman–Crippen LogP) is 6.90. The van der Waals surface area contributed by atoms with Crippen LogP contribution in [0.5, 0.6) is 0 Å². The summed E-state index contributed by atoms with van der Waals surface area (Å²) < 4.78 is 0. The van der Waals surface area contributed by atoms with E-state index in [0.29, 0.717) is 23.4 Å². The van der Waals surface area contributed by atoms with Crippen molar-refractivity contribution in [2.45, 2.75) is 78.1 Å². The fourth-order valence-electron chi connectivity index (χ4n) is 3.61. The number of nitrogens with one attached hydrogen (secondary N) is 2. The van der Waals surface area contributed by atoms with Crippen molar-refractivity contribution in [3.8, 4) is 0 Å². The predicted molar refractivity (Wildman–Crippen MR) is 130 cm³/mol. The fraction of sp³-hybridized carbons (Fsp3) is 0.481. The van der Waals surface area contributed by atoms with Gasteiger partial charge in [-0.1, -0.05) is 82.4 Å². The van der Waals surface area contributed by atoms with Crippen molar-refractivity contribution in [1.82, 2.24) is 5.32 Å². The van der Waals surface area contributed by atoms with Gasteiger partial charge in [-0.2, -0.15) is 0 Å². The second-order valence-electron chi connectivity index (χ2n) is 8.34. The van der Waals surface area contributed by atoms with Crippen LogP contribution in [0.3, 0.4) is 0 Å². The minimum Gasteiger partial charge on any atom is -0.352 e. The Morgan fingerprint density at radius 3 is 1.94 bits per heavy atom. The molecule has 0 saturated carbocycles. The highest BCUT2D eigenvalue weighted by molar-refractivity contribution is 6.04. The van der Waals surface area contributed by atoms with Gasteiger partial charge < -0.3 is 10.6 Å². The summed E-state index contributed by atoms with van der Waals surface area (Å²) in [6, 6.07) is 14.5. The van der Waals surface area contributed by atoms with Crippen molar-refractivity contribution in [3.05, 3.63) is 65.2 Å². The molecule has 0 heterocycles. The number of anilines is 1. The molecule has 0 fully saturated rings. The zero-order chi connectivity index (χ0) is 22.3. The van der Waals surface area contributed by atoms with E-state index < -0.39 is 0 Å². The molecule has 0 aliphatic carbocycles. The van der Waals surface area contributed by atoms with E-state index >= 15 is 0 Å². The molecule has 0 aromatic heterocycles. The van der Waals surface area contributed by atoms with E-state index in [4.69, 9.17) is 0 Å². The smallest absolute Gasteiger partial charge is 0.255 e. The lowest BCUT2D eigenvalue weighted by Gasteiger charge is -2.08. The zero-order valence-corrected chi connectivity index (χ0v) is 19.2. The van der Waals surface area contributed by atoms with Gasteiger partial charge in [0, 0.05) is 23.4 Å². The van der Waals surface area contributed by atoms with Crippen molar-refractivity contribution in [1.29, 1.82) is 0 Å². The minimum absolute atomic E-state index is 0.0625.